The van der Waals surface area contributed by atoms with Crippen molar-refractivity contribution >= 4 is 27.5 Å². The van der Waals surface area contributed by atoms with Crippen LogP contribution in [0.3, 0.4) is 0 Å². The molecule has 1 aromatic rings. The fraction of sp³-hybridized carbons (Fsp3) is 0.333. The third-order valence-corrected chi connectivity index (χ3v) is 3.14. The third kappa shape index (κ3) is 1.45. The molecule has 1 fully saturated rings. The van der Waals surface area contributed by atoms with Crippen molar-refractivity contribution < 1.29 is 0 Å². The zero-order valence-corrected chi connectivity index (χ0v) is 9.06. The van der Waals surface area contributed by atoms with Gasteiger partial charge in [0.2, 0.25) is 0 Å². The molecular formula is C9H6BrClN2. The van der Waals surface area contributed by atoms with E-state index >= 15 is 0 Å². The van der Waals surface area contributed by atoms with Crippen LogP contribution in [0.1, 0.15) is 18.4 Å². The van der Waals surface area contributed by atoms with E-state index in [-0.39, 0.29) is 5.41 Å². The highest BCUT2D eigenvalue weighted by Crippen LogP contribution is 2.50. The Morgan fingerprint density at radius 3 is 2.85 bits per heavy atom. The van der Waals surface area contributed by atoms with Gasteiger partial charge in [0.05, 0.1) is 11.5 Å². The standard InChI is InChI=1S/C9H6BrClN2/c10-7-4-13-8(11)3-6(7)9(5-12)1-2-9/h3-4H,1-2H2. The molecule has 0 N–H and O–H groups in total. The van der Waals surface area contributed by atoms with Crippen LogP contribution in [0.4, 0.5) is 0 Å². The molecule has 1 saturated carbocycles. The zero-order chi connectivity index (χ0) is 9.47. The Kier molecular flexibility index (Phi) is 2.05. The van der Waals surface area contributed by atoms with Gasteiger partial charge >= 0.3 is 0 Å². The summed E-state index contributed by atoms with van der Waals surface area (Å²) < 4.78 is 0.871. The second kappa shape index (κ2) is 2.97. The molecule has 0 aliphatic heterocycles. The normalized spacial score (nSPS) is 17.9. The molecule has 1 aliphatic carbocycles. The Bertz CT molecular complexity index is 393. The van der Waals surface area contributed by atoms with Crippen LogP contribution in [-0.2, 0) is 5.41 Å². The van der Waals surface area contributed by atoms with Crippen molar-refractivity contribution in [2.24, 2.45) is 0 Å². The van der Waals surface area contributed by atoms with Gasteiger partial charge in [-0.15, -0.1) is 0 Å². The molecule has 13 heavy (non-hydrogen) atoms. The summed E-state index contributed by atoms with van der Waals surface area (Å²) in [6.45, 7) is 0. The van der Waals surface area contributed by atoms with E-state index in [4.69, 9.17) is 16.9 Å². The maximum absolute atomic E-state index is 8.99. The first-order valence-electron chi connectivity index (χ1n) is 3.91. The minimum absolute atomic E-state index is 0.300. The van der Waals surface area contributed by atoms with Gasteiger partial charge in [-0.25, -0.2) is 4.98 Å². The third-order valence-electron chi connectivity index (χ3n) is 2.30. The predicted molar refractivity (Wildman–Crippen MR) is 53.5 cm³/mol. The number of nitrogens with zero attached hydrogens (tertiary/aromatic N) is 2. The van der Waals surface area contributed by atoms with Crippen LogP contribution in [-0.4, -0.2) is 4.98 Å². The lowest BCUT2D eigenvalue weighted by atomic mass is 9.99. The van der Waals surface area contributed by atoms with Gasteiger partial charge in [0.15, 0.2) is 0 Å². The topological polar surface area (TPSA) is 36.7 Å². The van der Waals surface area contributed by atoms with Crippen LogP contribution in [0, 0.1) is 11.3 Å². The summed E-state index contributed by atoms with van der Waals surface area (Å²) in [6.07, 6.45) is 3.49. The van der Waals surface area contributed by atoms with Gasteiger partial charge < -0.3 is 0 Å². The maximum atomic E-state index is 8.99. The zero-order valence-electron chi connectivity index (χ0n) is 6.72. The molecule has 0 spiro atoms. The molecule has 0 amide bonds. The molecule has 66 valence electrons. The highest BCUT2D eigenvalue weighted by Gasteiger charge is 2.46. The lowest BCUT2D eigenvalue weighted by Gasteiger charge is -2.08. The van der Waals surface area contributed by atoms with Gasteiger partial charge in [-0.1, -0.05) is 11.6 Å². The Morgan fingerprint density at radius 1 is 1.62 bits per heavy atom. The van der Waals surface area contributed by atoms with E-state index in [0.29, 0.717) is 5.15 Å². The van der Waals surface area contributed by atoms with Crippen LogP contribution < -0.4 is 0 Å². The lowest BCUT2D eigenvalue weighted by molar-refractivity contribution is 0.895. The van der Waals surface area contributed by atoms with Crippen molar-refractivity contribution in [1.82, 2.24) is 4.98 Å². The lowest BCUT2D eigenvalue weighted by Crippen LogP contribution is -2.03. The smallest absolute Gasteiger partial charge is 0.129 e. The van der Waals surface area contributed by atoms with Crippen molar-refractivity contribution in [3.8, 4) is 6.07 Å². The quantitative estimate of drug-likeness (QED) is 0.725. The van der Waals surface area contributed by atoms with Gasteiger partial charge in [-0.3, -0.25) is 0 Å². The maximum Gasteiger partial charge on any atom is 0.129 e. The number of hydrogen-bond acceptors (Lipinski definition) is 2. The minimum Gasteiger partial charge on any atom is -0.243 e. The molecule has 1 aromatic heterocycles. The number of rotatable bonds is 1. The molecule has 0 saturated heterocycles. The molecule has 4 heteroatoms. The van der Waals surface area contributed by atoms with E-state index in [9.17, 15) is 0 Å². The van der Waals surface area contributed by atoms with Crippen LogP contribution in [0.2, 0.25) is 5.15 Å². The molecule has 0 bridgehead atoms. The highest BCUT2D eigenvalue weighted by atomic mass is 79.9. The first-order valence-corrected chi connectivity index (χ1v) is 5.08. The Balaban J connectivity index is 2.52. The molecule has 1 heterocycles. The van der Waals surface area contributed by atoms with Crippen LogP contribution >= 0.6 is 27.5 Å². The molecule has 2 rings (SSSR count). The summed E-state index contributed by atoms with van der Waals surface area (Å²) in [4.78, 5) is 3.92. The summed E-state index contributed by atoms with van der Waals surface area (Å²) in [5.74, 6) is 0. The molecule has 2 nitrogen and oxygen atoms in total. The van der Waals surface area contributed by atoms with E-state index in [1.54, 1.807) is 12.3 Å². The fourth-order valence-electron chi connectivity index (χ4n) is 1.35. The Labute approximate surface area is 89.7 Å². The van der Waals surface area contributed by atoms with E-state index in [1.807, 2.05) is 0 Å². The van der Waals surface area contributed by atoms with Crippen molar-refractivity contribution in [3.05, 3.63) is 27.5 Å². The molecule has 0 atom stereocenters. The van der Waals surface area contributed by atoms with Crippen LogP contribution in [0.5, 0.6) is 0 Å². The minimum atomic E-state index is -0.300. The summed E-state index contributed by atoms with van der Waals surface area (Å²) in [7, 11) is 0. The van der Waals surface area contributed by atoms with Crippen molar-refractivity contribution in [1.29, 1.82) is 5.26 Å². The monoisotopic (exact) mass is 256 g/mol. The van der Waals surface area contributed by atoms with Gasteiger partial charge in [0.25, 0.3) is 0 Å². The summed E-state index contributed by atoms with van der Waals surface area (Å²) >= 11 is 9.14. The summed E-state index contributed by atoms with van der Waals surface area (Å²) in [5, 5.41) is 9.44. The summed E-state index contributed by atoms with van der Waals surface area (Å²) in [6, 6.07) is 4.09. The molecule has 0 radical (unpaired) electrons. The van der Waals surface area contributed by atoms with Crippen molar-refractivity contribution in [3.63, 3.8) is 0 Å². The second-order valence-electron chi connectivity index (χ2n) is 3.18. The first kappa shape index (κ1) is 8.98. The van der Waals surface area contributed by atoms with Crippen LogP contribution in [0.25, 0.3) is 0 Å². The Morgan fingerprint density at radius 2 is 2.31 bits per heavy atom. The SMILES string of the molecule is N#CC1(c2cc(Cl)ncc2Br)CC1. The predicted octanol–water partition coefficient (Wildman–Crippen LogP) is 3.05. The second-order valence-corrected chi connectivity index (χ2v) is 4.42. The number of aromatic nitrogens is 1. The van der Waals surface area contributed by atoms with E-state index in [2.05, 4.69) is 27.0 Å². The molecule has 1 aliphatic rings. The fourth-order valence-corrected chi connectivity index (χ4v) is 2.10. The van der Waals surface area contributed by atoms with Crippen molar-refractivity contribution in [2.45, 2.75) is 18.3 Å². The highest BCUT2D eigenvalue weighted by molar-refractivity contribution is 9.10. The van der Waals surface area contributed by atoms with E-state index in [1.165, 1.54) is 0 Å². The average molecular weight is 258 g/mol. The van der Waals surface area contributed by atoms with E-state index in [0.717, 1.165) is 22.9 Å². The van der Waals surface area contributed by atoms with Gasteiger partial charge in [-0.05, 0) is 40.4 Å². The average Bonchev–Trinajstić information content (AvgIpc) is 2.90. The van der Waals surface area contributed by atoms with Crippen LogP contribution in [0.15, 0.2) is 16.7 Å². The van der Waals surface area contributed by atoms with Gasteiger partial charge in [-0.2, -0.15) is 5.26 Å². The molecular weight excluding hydrogens is 251 g/mol. The number of hydrogen-bond donors (Lipinski definition) is 0. The van der Waals surface area contributed by atoms with Gasteiger partial charge in [0, 0.05) is 10.7 Å². The molecule has 0 aromatic carbocycles. The van der Waals surface area contributed by atoms with E-state index < -0.39 is 0 Å². The van der Waals surface area contributed by atoms with Gasteiger partial charge in [0.1, 0.15) is 5.15 Å². The molecule has 0 unspecified atom stereocenters. The Hall–Kier alpha value is -0.590. The number of pyridine rings is 1. The first-order chi connectivity index (χ1) is 6.18. The number of nitriles is 1. The largest absolute Gasteiger partial charge is 0.243 e. The summed E-state index contributed by atoms with van der Waals surface area (Å²) in [5.41, 5.74) is 0.667. The number of halogens is 2. The van der Waals surface area contributed by atoms with Crippen molar-refractivity contribution in [2.75, 3.05) is 0 Å².